The van der Waals surface area contributed by atoms with Crippen molar-refractivity contribution < 1.29 is 9.90 Å². The number of hydrogen-bond acceptors (Lipinski definition) is 2. The standard InChI is InChI=1S/C16H20N2O2/c1-11(12-5-3-2-4-6-12)18-10-17-14-8-7-13(16(19)20)9-15(14)18/h7-12H,2-6H2,1H3,(H,19,20). The van der Waals surface area contributed by atoms with Crippen molar-refractivity contribution in [1.29, 1.82) is 0 Å². The summed E-state index contributed by atoms with van der Waals surface area (Å²) in [4.78, 5) is 15.5. The molecular formula is C16H20N2O2. The van der Waals surface area contributed by atoms with Gasteiger partial charge in [0, 0.05) is 6.04 Å². The van der Waals surface area contributed by atoms with Crippen molar-refractivity contribution in [3.63, 3.8) is 0 Å². The SMILES string of the molecule is CC(C1CCCCC1)n1cnc2ccc(C(=O)O)cc21. The Morgan fingerprint density at radius 1 is 1.35 bits per heavy atom. The van der Waals surface area contributed by atoms with Crippen LogP contribution >= 0.6 is 0 Å². The van der Waals surface area contributed by atoms with E-state index in [1.54, 1.807) is 18.2 Å². The third-order valence-electron chi connectivity index (χ3n) is 4.59. The van der Waals surface area contributed by atoms with E-state index in [9.17, 15) is 4.79 Å². The fraction of sp³-hybridized carbons (Fsp3) is 0.500. The largest absolute Gasteiger partial charge is 0.478 e. The topological polar surface area (TPSA) is 55.1 Å². The van der Waals surface area contributed by atoms with Crippen molar-refractivity contribution >= 4 is 17.0 Å². The number of benzene rings is 1. The van der Waals surface area contributed by atoms with Gasteiger partial charge in [-0.3, -0.25) is 0 Å². The predicted octanol–water partition coefficient (Wildman–Crippen LogP) is 3.88. The molecule has 0 amide bonds. The first-order valence-corrected chi connectivity index (χ1v) is 7.36. The number of fused-ring (bicyclic) bond motifs is 1. The first-order valence-electron chi connectivity index (χ1n) is 7.36. The van der Waals surface area contributed by atoms with Crippen molar-refractivity contribution in [3.8, 4) is 0 Å². The Balaban J connectivity index is 1.97. The Bertz CT molecular complexity index is 626. The van der Waals surface area contributed by atoms with E-state index in [0.29, 0.717) is 17.5 Å². The van der Waals surface area contributed by atoms with E-state index in [2.05, 4.69) is 16.5 Å². The molecule has 0 bridgehead atoms. The highest BCUT2D eigenvalue weighted by atomic mass is 16.4. The average molecular weight is 272 g/mol. The number of rotatable bonds is 3. The van der Waals surface area contributed by atoms with Crippen LogP contribution in [0.5, 0.6) is 0 Å². The molecule has 2 aromatic rings. The van der Waals surface area contributed by atoms with Gasteiger partial charge in [0.25, 0.3) is 0 Å². The molecule has 20 heavy (non-hydrogen) atoms. The van der Waals surface area contributed by atoms with E-state index in [-0.39, 0.29) is 0 Å². The lowest BCUT2D eigenvalue weighted by molar-refractivity contribution is 0.0697. The Labute approximate surface area is 118 Å². The van der Waals surface area contributed by atoms with Crippen molar-refractivity contribution in [2.75, 3.05) is 0 Å². The molecule has 0 saturated heterocycles. The van der Waals surface area contributed by atoms with Gasteiger partial charge in [0.15, 0.2) is 0 Å². The van der Waals surface area contributed by atoms with Gasteiger partial charge in [-0.15, -0.1) is 0 Å². The number of aromatic nitrogens is 2. The zero-order valence-corrected chi connectivity index (χ0v) is 11.7. The maximum absolute atomic E-state index is 11.1. The minimum atomic E-state index is -0.884. The molecule has 1 fully saturated rings. The van der Waals surface area contributed by atoms with Crippen LogP contribution in [0.25, 0.3) is 11.0 Å². The molecule has 106 valence electrons. The van der Waals surface area contributed by atoms with Gasteiger partial charge in [0.2, 0.25) is 0 Å². The maximum Gasteiger partial charge on any atom is 0.335 e. The fourth-order valence-electron chi connectivity index (χ4n) is 3.33. The van der Waals surface area contributed by atoms with Crippen molar-refractivity contribution in [2.45, 2.75) is 45.1 Å². The molecule has 1 aromatic carbocycles. The van der Waals surface area contributed by atoms with Crippen LogP contribution < -0.4 is 0 Å². The summed E-state index contributed by atoms with van der Waals surface area (Å²) in [5.41, 5.74) is 2.13. The van der Waals surface area contributed by atoms with E-state index in [4.69, 9.17) is 5.11 Å². The molecule has 1 unspecified atom stereocenters. The highest BCUT2D eigenvalue weighted by Gasteiger charge is 2.22. The van der Waals surface area contributed by atoms with Gasteiger partial charge in [-0.25, -0.2) is 9.78 Å². The fourth-order valence-corrected chi connectivity index (χ4v) is 3.33. The maximum atomic E-state index is 11.1. The molecule has 1 heterocycles. The van der Waals surface area contributed by atoms with Crippen LogP contribution in [-0.4, -0.2) is 20.6 Å². The van der Waals surface area contributed by atoms with Gasteiger partial charge >= 0.3 is 5.97 Å². The van der Waals surface area contributed by atoms with Crippen LogP contribution in [0.3, 0.4) is 0 Å². The highest BCUT2D eigenvalue weighted by Crippen LogP contribution is 2.34. The summed E-state index contributed by atoms with van der Waals surface area (Å²) in [5.74, 6) is -0.209. The molecular weight excluding hydrogens is 252 g/mol. The minimum absolute atomic E-state index is 0.329. The normalized spacial score (nSPS) is 18.2. The molecule has 1 aliphatic rings. The van der Waals surface area contributed by atoms with Crippen LogP contribution in [-0.2, 0) is 0 Å². The molecule has 1 saturated carbocycles. The van der Waals surface area contributed by atoms with Crippen LogP contribution in [0.15, 0.2) is 24.5 Å². The predicted molar refractivity (Wildman–Crippen MR) is 78.0 cm³/mol. The van der Waals surface area contributed by atoms with Crippen molar-refractivity contribution in [1.82, 2.24) is 9.55 Å². The number of hydrogen-bond donors (Lipinski definition) is 1. The number of aromatic carboxylic acids is 1. The van der Waals surface area contributed by atoms with Gasteiger partial charge in [-0.2, -0.15) is 0 Å². The number of carboxylic acids is 1. The van der Waals surface area contributed by atoms with E-state index < -0.39 is 5.97 Å². The number of carboxylic acid groups (broad SMARTS) is 1. The van der Waals surface area contributed by atoms with Gasteiger partial charge in [0.1, 0.15) is 0 Å². The lowest BCUT2D eigenvalue weighted by atomic mass is 9.84. The second kappa shape index (κ2) is 5.27. The van der Waals surface area contributed by atoms with Gasteiger partial charge in [0.05, 0.1) is 22.9 Å². The summed E-state index contributed by atoms with van der Waals surface area (Å²) in [6.45, 7) is 2.23. The Kier molecular flexibility index (Phi) is 3.47. The Morgan fingerprint density at radius 3 is 2.80 bits per heavy atom. The molecule has 3 rings (SSSR count). The second-order valence-corrected chi connectivity index (χ2v) is 5.80. The quantitative estimate of drug-likeness (QED) is 0.922. The summed E-state index contributed by atoms with van der Waals surface area (Å²) < 4.78 is 2.15. The van der Waals surface area contributed by atoms with E-state index >= 15 is 0 Å². The molecule has 4 heteroatoms. The summed E-state index contributed by atoms with van der Waals surface area (Å²) >= 11 is 0. The lowest BCUT2D eigenvalue weighted by Crippen LogP contribution is -2.18. The van der Waals surface area contributed by atoms with Gasteiger partial charge in [-0.05, 0) is 43.9 Å². The smallest absolute Gasteiger partial charge is 0.335 e. The number of carbonyl (C=O) groups is 1. The molecule has 1 N–H and O–H groups in total. The molecule has 0 radical (unpaired) electrons. The zero-order chi connectivity index (χ0) is 14.1. The van der Waals surface area contributed by atoms with Crippen molar-refractivity contribution in [2.24, 2.45) is 5.92 Å². The van der Waals surface area contributed by atoms with E-state index in [1.165, 1.54) is 32.1 Å². The van der Waals surface area contributed by atoms with Crippen LogP contribution in [0.4, 0.5) is 0 Å². The molecule has 1 aliphatic carbocycles. The summed E-state index contributed by atoms with van der Waals surface area (Å²) in [7, 11) is 0. The summed E-state index contributed by atoms with van der Waals surface area (Å²) in [5, 5.41) is 9.13. The Hall–Kier alpha value is -1.84. The molecule has 1 atom stereocenters. The first-order chi connectivity index (χ1) is 9.66. The van der Waals surface area contributed by atoms with Crippen molar-refractivity contribution in [3.05, 3.63) is 30.1 Å². The summed E-state index contributed by atoms with van der Waals surface area (Å²) in [6, 6.07) is 5.53. The van der Waals surface area contributed by atoms with Gasteiger partial charge < -0.3 is 9.67 Å². The average Bonchev–Trinajstić information content (AvgIpc) is 2.90. The number of imidazole rings is 1. The minimum Gasteiger partial charge on any atom is -0.478 e. The van der Waals surface area contributed by atoms with Crippen LogP contribution in [0.1, 0.15) is 55.4 Å². The van der Waals surface area contributed by atoms with Gasteiger partial charge in [-0.1, -0.05) is 19.3 Å². The third kappa shape index (κ3) is 2.30. The molecule has 4 nitrogen and oxygen atoms in total. The number of nitrogens with zero attached hydrogens (tertiary/aromatic N) is 2. The van der Waals surface area contributed by atoms with E-state index in [1.807, 2.05) is 6.33 Å². The highest BCUT2D eigenvalue weighted by molar-refractivity contribution is 5.92. The summed E-state index contributed by atoms with van der Waals surface area (Å²) in [6.07, 6.45) is 8.34. The first kappa shape index (κ1) is 13.2. The molecule has 1 aromatic heterocycles. The third-order valence-corrected chi connectivity index (χ3v) is 4.59. The molecule has 0 aliphatic heterocycles. The molecule has 0 spiro atoms. The van der Waals surface area contributed by atoms with Crippen LogP contribution in [0.2, 0.25) is 0 Å². The zero-order valence-electron chi connectivity index (χ0n) is 11.7. The lowest BCUT2D eigenvalue weighted by Gasteiger charge is -2.29. The second-order valence-electron chi connectivity index (χ2n) is 5.80. The Morgan fingerprint density at radius 2 is 2.10 bits per heavy atom. The van der Waals surface area contributed by atoms with Crippen LogP contribution in [0, 0.1) is 5.92 Å². The van der Waals surface area contributed by atoms with E-state index in [0.717, 1.165) is 11.0 Å². The monoisotopic (exact) mass is 272 g/mol.